The van der Waals surface area contributed by atoms with Crippen LogP contribution < -0.4 is 0 Å². The molecule has 17 heavy (non-hydrogen) atoms. The zero-order valence-electron chi connectivity index (χ0n) is 10.9. The van der Waals surface area contributed by atoms with Crippen molar-refractivity contribution in [1.82, 2.24) is 4.90 Å². The molecular weight excluding hydrogens is 214 g/mol. The Morgan fingerprint density at radius 3 is 2.12 bits per heavy atom. The van der Waals surface area contributed by atoms with Crippen LogP contribution in [0.2, 0.25) is 0 Å². The fraction of sp³-hybridized carbons (Fsp3) is 0.571. The molecule has 0 aromatic heterocycles. The van der Waals surface area contributed by atoms with Gasteiger partial charge in [0.05, 0.1) is 12.7 Å². The Hall–Kier alpha value is -0.900. The number of rotatable bonds is 6. The van der Waals surface area contributed by atoms with E-state index in [0.717, 1.165) is 5.56 Å². The van der Waals surface area contributed by atoms with Crippen molar-refractivity contribution >= 4 is 0 Å². The standard InChI is InChI=1S/C14H23NO2/c1-11(2)12-4-6-13(7-5-12)14(17)10-15(3)8-9-16/h4-7,11,14,16-17H,8-10H2,1-3H3. The van der Waals surface area contributed by atoms with Crippen LogP contribution in [0.15, 0.2) is 24.3 Å². The van der Waals surface area contributed by atoms with E-state index in [0.29, 0.717) is 19.0 Å². The zero-order chi connectivity index (χ0) is 12.8. The molecule has 0 fully saturated rings. The minimum atomic E-state index is -0.493. The summed E-state index contributed by atoms with van der Waals surface area (Å²) in [5.41, 5.74) is 2.21. The lowest BCUT2D eigenvalue weighted by Gasteiger charge is -2.20. The molecule has 1 aromatic rings. The molecule has 2 N–H and O–H groups in total. The Kier molecular flexibility index (Phi) is 5.62. The quantitative estimate of drug-likeness (QED) is 0.792. The summed E-state index contributed by atoms with van der Waals surface area (Å²) < 4.78 is 0. The van der Waals surface area contributed by atoms with Gasteiger partial charge in [0.15, 0.2) is 0 Å². The summed E-state index contributed by atoms with van der Waals surface area (Å²) in [5.74, 6) is 0.512. The van der Waals surface area contributed by atoms with Crippen LogP contribution in [0.5, 0.6) is 0 Å². The molecule has 0 aliphatic heterocycles. The second-order valence-electron chi connectivity index (χ2n) is 4.82. The van der Waals surface area contributed by atoms with Gasteiger partial charge in [0, 0.05) is 13.1 Å². The highest BCUT2D eigenvalue weighted by molar-refractivity contribution is 5.26. The Balaban J connectivity index is 2.60. The van der Waals surface area contributed by atoms with Gasteiger partial charge in [0.2, 0.25) is 0 Å². The van der Waals surface area contributed by atoms with Crippen LogP contribution in [0.3, 0.4) is 0 Å². The molecule has 0 aliphatic rings. The highest BCUT2D eigenvalue weighted by Crippen LogP contribution is 2.19. The molecule has 0 aliphatic carbocycles. The summed E-state index contributed by atoms with van der Waals surface area (Å²) in [4.78, 5) is 1.92. The van der Waals surface area contributed by atoms with Crippen molar-refractivity contribution in [3.8, 4) is 0 Å². The fourth-order valence-electron chi connectivity index (χ4n) is 1.77. The van der Waals surface area contributed by atoms with Gasteiger partial charge in [0.25, 0.3) is 0 Å². The van der Waals surface area contributed by atoms with Crippen molar-refractivity contribution in [2.75, 3.05) is 26.7 Å². The number of nitrogens with zero attached hydrogens (tertiary/aromatic N) is 1. The molecule has 0 heterocycles. The number of likely N-dealkylation sites (N-methyl/N-ethyl adjacent to an activating group) is 1. The molecule has 1 atom stereocenters. The third-order valence-corrected chi connectivity index (χ3v) is 2.95. The van der Waals surface area contributed by atoms with E-state index in [1.54, 1.807) is 0 Å². The molecule has 0 spiro atoms. The van der Waals surface area contributed by atoms with Crippen LogP contribution in [0.4, 0.5) is 0 Å². The predicted octanol–water partition coefficient (Wildman–Crippen LogP) is 1.77. The van der Waals surface area contributed by atoms with E-state index in [1.807, 2.05) is 24.1 Å². The summed E-state index contributed by atoms with van der Waals surface area (Å²) in [6.07, 6.45) is -0.493. The molecule has 1 unspecified atom stereocenters. The van der Waals surface area contributed by atoms with Crippen LogP contribution in [0.1, 0.15) is 37.0 Å². The highest BCUT2D eigenvalue weighted by atomic mass is 16.3. The third kappa shape index (κ3) is 4.46. The molecule has 1 aromatic carbocycles. The SMILES string of the molecule is CC(C)c1ccc(C(O)CN(C)CCO)cc1. The molecule has 0 amide bonds. The second kappa shape index (κ2) is 6.74. The molecule has 0 bridgehead atoms. The summed E-state index contributed by atoms with van der Waals surface area (Å²) in [7, 11) is 1.89. The van der Waals surface area contributed by atoms with Gasteiger partial charge in [-0.2, -0.15) is 0 Å². The lowest BCUT2D eigenvalue weighted by molar-refractivity contribution is 0.115. The number of benzene rings is 1. The van der Waals surface area contributed by atoms with Crippen molar-refractivity contribution < 1.29 is 10.2 Å². The molecule has 0 saturated heterocycles. The molecule has 1 rings (SSSR count). The van der Waals surface area contributed by atoms with Gasteiger partial charge in [-0.05, 0) is 24.1 Å². The van der Waals surface area contributed by atoms with Gasteiger partial charge < -0.3 is 15.1 Å². The number of aliphatic hydroxyl groups excluding tert-OH is 2. The summed E-state index contributed by atoms with van der Waals surface area (Å²) in [6, 6.07) is 8.09. The van der Waals surface area contributed by atoms with Gasteiger partial charge in [-0.1, -0.05) is 38.1 Å². The van der Waals surface area contributed by atoms with Crippen molar-refractivity contribution in [1.29, 1.82) is 0 Å². The minimum Gasteiger partial charge on any atom is -0.395 e. The lowest BCUT2D eigenvalue weighted by atomic mass is 10.00. The van der Waals surface area contributed by atoms with E-state index in [1.165, 1.54) is 5.56 Å². The first-order valence-electron chi connectivity index (χ1n) is 6.12. The van der Waals surface area contributed by atoms with Gasteiger partial charge in [-0.25, -0.2) is 0 Å². The van der Waals surface area contributed by atoms with E-state index < -0.39 is 6.10 Å². The average Bonchev–Trinajstić information content (AvgIpc) is 2.29. The number of hydrogen-bond acceptors (Lipinski definition) is 3. The topological polar surface area (TPSA) is 43.7 Å². The zero-order valence-corrected chi connectivity index (χ0v) is 10.9. The smallest absolute Gasteiger partial charge is 0.0916 e. The van der Waals surface area contributed by atoms with E-state index in [2.05, 4.69) is 26.0 Å². The number of hydrogen-bond donors (Lipinski definition) is 2. The Bertz CT molecular complexity index is 321. The van der Waals surface area contributed by atoms with Crippen LogP contribution in [0.25, 0.3) is 0 Å². The largest absolute Gasteiger partial charge is 0.395 e. The van der Waals surface area contributed by atoms with E-state index >= 15 is 0 Å². The third-order valence-electron chi connectivity index (χ3n) is 2.95. The van der Waals surface area contributed by atoms with E-state index in [-0.39, 0.29) is 6.61 Å². The molecule has 96 valence electrons. The van der Waals surface area contributed by atoms with Crippen molar-refractivity contribution in [3.05, 3.63) is 35.4 Å². The maximum absolute atomic E-state index is 10.0. The highest BCUT2D eigenvalue weighted by Gasteiger charge is 2.10. The van der Waals surface area contributed by atoms with Crippen molar-refractivity contribution in [3.63, 3.8) is 0 Å². The molecule has 0 radical (unpaired) electrons. The van der Waals surface area contributed by atoms with E-state index in [4.69, 9.17) is 5.11 Å². The second-order valence-corrected chi connectivity index (χ2v) is 4.82. The van der Waals surface area contributed by atoms with Gasteiger partial charge in [-0.3, -0.25) is 0 Å². The summed E-state index contributed by atoms with van der Waals surface area (Å²) >= 11 is 0. The van der Waals surface area contributed by atoms with Crippen molar-refractivity contribution in [2.24, 2.45) is 0 Å². The molecule has 3 nitrogen and oxygen atoms in total. The average molecular weight is 237 g/mol. The first-order chi connectivity index (χ1) is 8.04. The van der Waals surface area contributed by atoms with Gasteiger partial charge in [-0.15, -0.1) is 0 Å². The Morgan fingerprint density at radius 1 is 1.12 bits per heavy atom. The van der Waals surface area contributed by atoms with E-state index in [9.17, 15) is 5.11 Å². The fourth-order valence-corrected chi connectivity index (χ4v) is 1.77. The predicted molar refractivity (Wildman–Crippen MR) is 70.1 cm³/mol. The molecule has 3 heteroatoms. The Labute approximate surface area is 104 Å². The molecule has 0 saturated carbocycles. The first kappa shape index (κ1) is 14.2. The molecular formula is C14H23NO2. The maximum atomic E-state index is 10.0. The Morgan fingerprint density at radius 2 is 1.65 bits per heavy atom. The maximum Gasteiger partial charge on any atom is 0.0916 e. The monoisotopic (exact) mass is 237 g/mol. The van der Waals surface area contributed by atoms with Crippen LogP contribution in [0, 0.1) is 0 Å². The lowest BCUT2D eigenvalue weighted by Crippen LogP contribution is -2.27. The van der Waals surface area contributed by atoms with Gasteiger partial charge >= 0.3 is 0 Å². The summed E-state index contributed by atoms with van der Waals surface area (Å²) in [5, 5.41) is 18.8. The van der Waals surface area contributed by atoms with Crippen LogP contribution in [-0.4, -0.2) is 41.9 Å². The normalized spacial score (nSPS) is 13.4. The summed E-state index contributed by atoms with van der Waals surface area (Å²) in [6.45, 7) is 5.55. The van der Waals surface area contributed by atoms with Crippen LogP contribution in [-0.2, 0) is 0 Å². The minimum absolute atomic E-state index is 0.121. The first-order valence-corrected chi connectivity index (χ1v) is 6.12. The van der Waals surface area contributed by atoms with Gasteiger partial charge in [0.1, 0.15) is 0 Å². The van der Waals surface area contributed by atoms with Crippen molar-refractivity contribution in [2.45, 2.75) is 25.9 Å². The van der Waals surface area contributed by atoms with Crippen LogP contribution >= 0.6 is 0 Å². The number of aliphatic hydroxyl groups is 2.